The van der Waals surface area contributed by atoms with Crippen molar-refractivity contribution in [1.82, 2.24) is 10.6 Å². The fourth-order valence-corrected chi connectivity index (χ4v) is 5.85. The van der Waals surface area contributed by atoms with Gasteiger partial charge in [-0.05, 0) is 69.1 Å². The minimum atomic E-state index is -3.90. The van der Waals surface area contributed by atoms with Crippen LogP contribution in [-0.4, -0.2) is 44.9 Å². The molecule has 9 nitrogen and oxygen atoms in total. The van der Waals surface area contributed by atoms with E-state index in [1.165, 1.54) is 6.07 Å². The van der Waals surface area contributed by atoms with E-state index in [1.54, 1.807) is 25.2 Å². The van der Waals surface area contributed by atoms with Gasteiger partial charge in [0.2, 0.25) is 21.8 Å². The third-order valence-electron chi connectivity index (χ3n) is 7.49. The summed E-state index contributed by atoms with van der Waals surface area (Å²) in [7, 11) is -2.36. The lowest BCUT2D eigenvalue weighted by atomic mass is 9.83. The molecule has 2 rings (SSSR count). The van der Waals surface area contributed by atoms with E-state index in [-0.39, 0.29) is 22.7 Å². The summed E-state index contributed by atoms with van der Waals surface area (Å²) in [6.07, 6.45) is 3.60. The maximum atomic E-state index is 13.8. The van der Waals surface area contributed by atoms with Gasteiger partial charge in [0.15, 0.2) is 0 Å². The number of rotatable bonds is 14. The van der Waals surface area contributed by atoms with Gasteiger partial charge in [0.1, 0.15) is 11.6 Å². The second kappa shape index (κ2) is 15.7. The van der Waals surface area contributed by atoms with Crippen LogP contribution in [0.25, 0.3) is 11.1 Å². The van der Waals surface area contributed by atoms with Crippen LogP contribution in [0, 0.1) is 17.3 Å². The zero-order valence-corrected chi connectivity index (χ0v) is 28.3. The molecule has 0 aliphatic rings. The number of unbranched alkanes of at least 4 members (excludes halogenated alkanes) is 1. The van der Waals surface area contributed by atoms with Gasteiger partial charge in [0.05, 0.1) is 10.8 Å². The van der Waals surface area contributed by atoms with Crippen LogP contribution in [0.1, 0.15) is 86.1 Å². The van der Waals surface area contributed by atoms with E-state index in [2.05, 4.69) is 17.6 Å². The Kier molecular flexibility index (Phi) is 13.2. The van der Waals surface area contributed by atoms with Crippen molar-refractivity contribution in [3.8, 4) is 11.1 Å². The highest BCUT2D eigenvalue weighted by molar-refractivity contribution is 7.89. The van der Waals surface area contributed by atoms with Gasteiger partial charge >= 0.3 is 5.97 Å². The first-order valence-electron chi connectivity index (χ1n) is 15.3. The number of nitrogens with one attached hydrogen (secondary N) is 2. The lowest BCUT2D eigenvalue weighted by molar-refractivity contribution is -0.161. The van der Waals surface area contributed by atoms with Gasteiger partial charge in [-0.25, -0.2) is 13.6 Å². The summed E-state index contributed by atoms with van der Waals surface area (Å²) in [5.74, 6) is -1.90. The van der Waals surface area contributed by atoms with Crippen molar-refractivity contribution in [3.05, 3.63) is 54.1 Å². The molecule has 44 heavy (non-hydrogen) atoms. The average Bonchev–Trinajstić information content (AvgIpc) is 2.93. The fourth-order valence-electron chi connectivity index (χ4n) is 5.09. The number of nitrogens with two attached hydrogens (primary N) is 1. The largest absolute Gasteiger partial charge is 0.460 e. The van der Waals surface area contributed by atoms with Crippen LogP contribution in [-0.2, 0) is 35.6 Å². The van der Waals surface area contributed by atoms with Gasteiger partial charge in [0.25, 0.3) is 0 Å². The minimum absolute atomic E-state index is 0.0502. The van der Waals surface area contributed by atoms with Crippen molar-refractivity contribution in [3.63, 3.8) is 0 Å². The van der Waals surface area contributed by atoms with E-state index < -0.39 is 38.9 Å². The van der Waals surface area contributed by atoms with Crippen molar-refractivity contribution < 1.29 is 27.5 Å². The highest BCUT2D eigenvalue weighted by atomic mass is 32.2. The molecule has 244 valence electrons. The lowest BCUT2D eigenvalue weighted by Gasteiger charge is -2.32. The zero-order valence-electron chi connectivity index (χ0n) is 27.5. The maximum absolute atomic E-state index is 13.8. The lowest BCUT2D eigenvalue weighted by Crippen LogP contribution is -2.54. The molecule has 0 radical (unpaired) electrons. The Bertz CT molecular complexity index is 1370. The molecule has 0 saturated heterocycles. The molecule has 2 amide bonds. The number of ether oxygens (including phenoxy) is 1. The monoisotopic (exact) mass is 629 g/mol. The maximum Gasteiger partial charge on any atom is 0.309 e. The summed E-state index contributed by atoms with van der Waals surface area (Å²) >= 11 is 0. The van der Waals surface area contributed by atoms with Crippen molar-refractivity contribution in [2.75, 3.05) is 7.05 Å². The molecular weight excluding hydrogens is 578 g/mol. The number of carbonyl (C=O) groups excluding carboxylic acids is 3. The molecule has 2 aromatic rings. The summed E-state index contributed by atoms with van der Waals surface area (Å²) in [4.78, 5) is 39.8. The van der Waals surface area contributed by atoms with Gasteiger partial charge in [-0.2, -0.15) is 0 Å². The van der Waals surface area contributed by atoms with Crippen molar-refractivity contribution in [2.24, 2.45) is 22.4 Å². The van der Waals surface area contributed by atoms with E-state index >= 15 is 0 Å². The van der Waals surface area contributed by atoms with Crippen molar-refractivity contribution in [1.29, 1.82) is 0 Å². The molecule has 4 N–H and O–H groups in total. The summed E-state index contributed by atoms with van der Waals surface area (Å²) in [5.41, 5.74) is 0.976. The van der Waals surface area contributed by atoms with E-state index in [4.69, 9.17) is 9.88 Å². The molecular formula is C34H51N3O6S. The smallest absolute Gasteiger partial charge is 0.309 e. The number of benzene rings is 2. The van der Waals surface area contributed by atoms with Gasteiger partial charge in [0, 0.05) is 18.5 Å². The SMILES string of the molecule is CCCC[C@@H](C[C@@H](CCc1ccc(-c2ccccc2S(N)(=O)=O)cc1)C(=O)N[C@H](C(=O)NC)C(C)(C)C)C(=O)OC(C)(C)C. The minimum Gasteiger partial charge on any atom is -0.460 e. The van der Waals surface area contributed by atoms with Gasteiger partial charge in [-0.15, -0.1) is 0 Å². The van der Waals surface area contributed by atoms with Crippen LogP contribution in [0.2, 0.25) is 0 Å². The second-order valence-electron chi connectivity index (χ2n) is 13.5. The van der Waals surface area contributed by atoms with Crippen LogP contribution in [0.3, 0.4) is 0 Å². The second-order valence-corrected chi connectivity index (χ2v) is 15.0. The molecule has 3 atom stereocenters. The van der Waals surface area contributed by atoms with Crippen molar-refractivity contribution in [2.45, 2.75) is 104 Å². The van der Waals surface area contributed by atoms with Crippen LogP contribution in [0.5, 0.6) is 0 Å². The Morgan fingerprint density at radius 3 is 2.02 bits per heavy atom. The number of amides is 2. The molecule has 0 aromatic heterocycles. The normalized spacial score (nSPS) is 14.3. The highest BCUT2D eigenvalue weighted by Crippen LogP contribution is 2.29. The number of aryl methyl sites for hydroxylation is 1. The van der Waals surface area contributed by atoms with E-state index in [9.17, 15) is 22.8 Å². The van der Waals surface area contributed by atoms with Gasteiger partial charge < -0.3 is 15.4 Å². The van der Waals surface area contributed by atoms with Crippen LogP contribution < -0.4 is 15.8 Å². The summed E-state index contributed by atoms with van der Waals surface area (Å²) < 4.78 is 29.9. The van der Waals surface area contributed by atoms with E-state index in [0.29, 0.717) is 36.8 Å². The van der Waals surface area contributed by atoms with Gasteiger partial charge in [-0.3, -0.25) is 14.4 Å². The number of hydrogen-bond acceptors (Lipinski definition) is 6. The molecule has 0 aliphatic heterocycles. The number of hydrogen-bond donors (Lipinski definition) is 3. The first-order valence-corrected chi connectivity index (χ1v) is 16.9. The molecule has 0 aliphatic carbocycles. The number of carbonyl (C=O) groups is 3. The molecule has 0 heterocycles. The summed E-state index contributed by atoms with van der Waals surface area (Å²) in [6, 6.07) is 13.3. The number of esters is 1. The van der Waals surface area contributed by atoms with Crippen LogP contribution >= 0.6 is 0 Å². The Balaban J connectivity index is 2.37. The standard InChI is InChI=1S/C34H51N3O6S/c1-9-10-13-26(32(40)43-34(5,6)7)22-25(30(38)37-29(31(39)36-8)33(2,3)4)21-18-23-16-19-24(20-17-23)27-14-11-12-15-28(27)44(35,41)42/h11-12,14-17,19-20,25-26,29H,9-10,13,18,21-22H2,1-8H3,(H,36,39)(H,37,38)(H2,35,41,42)/t25-,26+,29-/m1/s1. The Morgan fingerprint density at radius 2 is 1.50 bits per heavy atom. The summed E-state index contributed by atoms with van der Waals surface area (Å²) in [5, 5.41) is 11.0. The van der Waals surface area contributed by atoms with Crippen LogP contribution in [0.4, 0.5) is 0 Å². The highest BCUT2D eigenvalue weighted by Gasteiger charge is 2.36. The summed E-state index contributed by atoms with van der Waals surface area (Å²) in [6.45, 7) is 13.2. The quantitative estimate of drug-likeness (QED) is 0.240. The molecule has 0 bridgehead atoms. The van der Waals surface area contributed by atoms with Crippen LogP contribution in [0.15, 0.2) is 53.4 Å². The topological polar surface area (TPSA) is 145 Å². The fraction of sp³-hybridized carbons (Fsp3) is 0.559. The van der Waals surface area contributed by atoms with Crippen molar-refractivity contribution >= 4 is 27.8 Å². The third kappa shape index (κ3) is 11.4. The Hall–Kier alpha value is -3.24. The van der Waals surface area contributed by atoms with E-state index in [1.807, 2.05) is 65.8 Å². The first kappa shape index (κ1) is 36.9. The zero-order chi connectivity index (χ0) is 33.3. The first-order chi connectivity index (χ1) is 20.4. The molecule has 0 spiro atoms. The Labute approximate surface area is 263 Å². The number of primary sulfonamides is 1. The molecule has 0 fully saturated rings. The third-order valence-corrected chi connectivity index (χ3v) is 8.46. The number of sulfonamides is 1. The molecule has 10 heteroatoms. The van der Waals surface area contributed by atoms with E-state index in [0.717, 1.165) is 18.4 Å². The average molecular weight is 630 g/mol. The predicted molar refractivity (Wildman–Crippen MR) is 174 cm³/mol. The molecule has 2 aromatic carbocycles. The molecule has 0 unspecified atom stereocenters. The number of likely N-dealkylation sites (N-methyl/N-ethyl adjacent to an activating group) is 1. The molecule has 0 saturated carbocycles. The van der Waals surface area contributed by atoms with Gasteiger partial charge in [-0.1, -0.05) is 83.0 Å². The Morgan fingerprint density at radius 1 is 0.886 bits per heavy atom. The predicted octanol–water partition coefficient (Wildman–Crippen LogP) is 5.36.